The summed E-state index contributed by atoms with van der Waals surface area (Å²) in [5.74, 6) is -0.375. The first-order chi connectivity index (χ1) is 13.3. The SMILES string of the molecule is C[C@@H](Nc1ccc(S(=O)(=O)N2CCOCC2)cc1[N+](=O)[O-])c1ccc(F)cc1. The van der Waals surface area contributed by atoms with Crippen molar-refractivity contribution in [3.8, 4) is 0 Å². The number of sulfonamides is 1. The van der Waals surface area contributed by atoms with Crippen molar-refractivity contribution in [2.45, 2.75) is 17.9 Å². The van der Waals surface area contributed by atoms with Gasteiger partial charge in [-0.25, -0.2) is 12.8 Å². The monoisotopic (exact) mass is 409 g/mol. The lowest BCUT2D eigenvalue weighted by Gasteiger charge is -2.26. The summed E-state index contributed by atoms with van der Waals surface area (Å²) in [6.07, 6.45) is 0. The molecule has 10 heteroatoms. The topological polar surface area (TPSA) is 102 Å². The molecule has 0 amide bonds. The van der Waals surface area contributed by atoms with E-state index in [1.165, 1.54) is 28.6 Å². The molecule has 0 saturated carbocycles. The van der Waals surface area contributed by atoms with E-state index in [9.17, 15) is 22.9 Å². The number of hydrogen-bond donors (Lipinski definition) is 1. The summed E-state index contributed by atoms with van der Waals surface area (Å²) in [6.45, 7) is 2.76. The van der Waals surface area contributed by atoms with Crippen LogP contribution in [0.2, 0.25) is 0 Å². The highest BCUT2D eigenvalue weighted by Gasteiger charge is 2.29. The van der Waals surface area contributed by atoms with Crippen molar-refractivity contribution in [2.75, 3.05) is 31.6 Å². The molecule has 1 heterocycles. The molecule has 1 N–H and O–H groups in total. The zero-order valence-electron chi connectivity index (χ0n) is 15.2. The quantitative estimate of drug-likeness (QED) is 0.581. The van der Waals surface area contributed by atoms with Crippen molar-refractivity contribution in [3.63, 3.8) is 0 Å². The third-order valence-corrected chi connectivity index (χ3v) is 6.41. The Labute approximate surface area is 162 Å². The van der Waals surface area contributed by atoms with Gasteiger partial charge in [-0.3, -0.25) is 10.1 Å². The molecule has 28 heavy (non-hydrogen) atoms. The molecule has 0 aliphatic carbocycles. The number of morpholine rings is 1. The van der Waals surface area contributed by atoms with Crippen LogP contribution < -0.4 is 5.32 Å². The second-order valence-corrected chi connectivity index (χ2v) is 8.31. The minimum atomic E-state index is -3.84. The summed E-state index contributed by atoms with van der Waals surface area (Å²) in [4.78, 5) is 10.8. The summed E-state index contributed by atoms with van der Waals surface area (Å²) in [7, 11) is -3.84. The van der Waals surface area contributed by atoms with E-state index in [0.717, 1.165) is 11.6 Å². The van der Waals surface area contributed by atoms with Crippen LogP contribution >= 0.6 is 0 Å². The Bertz CT molecular complexity index is 960. The summed E-state index contributed by atoms with van der Waals surface area (Å²) in [5, 5.41) is 14.5. The van der Waals surface area contributed by atoms with Gasteiger partial charge in [0.25, 0.3) is 5.69 Å². The van der Waals surface area contributed by atoms with E-state index in [1.54, 1.807) is 19.1 Å². The summed E-state index contributed by atoms with van der Waals surface area (Å²) in [6, 6.07) is 9.21. The highest BCUT2D eigenvalue weighted by atomic mass is 32.2. The number of hydrogen-bond acceptors (Lipinski definition) is 6. The molecule has 2 aromatic carbocycles. The molecule has 0 radical (unpaired) electrons. The van der Waals surface area contributed by atoms with Gasteiger partial charge in [0.2, 0.25) is 10.0 Å². The van der Waals surface area contributed by atoms with Crippen LogP contribution in [0.5, 0.6) is 0 Å². The Morgan fingerprint density at radius 3 is 2.43 bits per heavy atom. The maximum absolute atomic E-state index is 13.1. The van der Waals surface area contributed by atoms with Crippen molar-refractivity contribution in [1.29, 1.82) is 0 Å². The molecule has 150 valence electrons. The minimum absolute atomic E-state index is 0.138. The second-order valence-electron chi connectivity index (χ2n) is 6.37. The predicted molar refractivity (Wildman–Crippen MR) is 101 cm³/mol. The highest BCUT2D eigenvalue weighted by Crippen LogP contribution is 2.32. The van der Waals surface area contributed by atoms with E-state index < -0.39 is 14.9 Å². The van der Waals surface area contributed by atoms with Crippen LogP contribution in [0.25, 0.3) is 0 Å². The lowest BCUT2D eigenvalue weighted by molar-refractivity contribution is -0.384. The first-order valence-corrected chi connectivity index (χ1v) is 10.1. The number of nitrogens with one attached hydrogen (secondary N) is 1. The number of rotatable bonds is 6. The van der Waals surface area contributed by atoms with Crippen molar-refractivity contribution >= 4 is 21.4 Å². The van der Waals surface area contributed by atoms with Gasteiger partial charge < -0.3 is 10.1 Å². The molecule has 1 fully saturated rings. The molecule has 1 atom stereocenters. The zero-order valence-corrected chi connectivity index (χ0v) is 16.0. The number of nitro groups is 1. The average molecular weight is 409 g/mol. The molecule has 1 saturated heterocycles. The van der Waals surface area contributed by atoms with Crippen LogP contribution in [0.15, 0.2) is 47.4 Å². The normalized spacial score (nSPS) is 16.5. The largest absolute Gasteiger partial charge is 0.379 e. The van der Waals surface area contributed by atoms with E-state index in [2.05, 4.69) is 5.32 Å². The molecule has 0 unspecified atom stereocenters. The second kappa shape index (κ2) is 8.21. The maximum atomic E-state index is 13.1. The minimum Gasteiger partial charge on any atom is -0.379 e. The fourth-order valence-corrected chi connectivity index (χ4v) is 4.38. The molecule has 2 aromatic rings. The number of anilines is 1. The van der Waals surface area contributed by atoms with Crippen LogP contribution in [0.3, 0.4) is 0 Å². The van der Waals surface area contributed by atoms with Crippen molar-refractivity contribution < 1.29 is 22.5 Å². The molecule has 1 aliphatic rings. The number of halogens is 1. The maximum Gasteiger partial charge on any atom is 0.293 e. The van der Waals surface area contributed by atoms with Gasteiger partial charge in [-0.2, -0.15) is 4.31 Å². The van der Waals surface area contributed by atoms with E-state index in [0.29, 0.717) is 0 Å². The Morgan fingerprint density at radius 1 is 1.18 bits per heavy atom. The Morgan fingerprint density at radius 2 is 1.82 bits per heavy atom. The third kappa shape index (κ3) is 4.29. The van der Waals surface area contributed by atoms with E-state index in [1.807, 2.05) is 0 Å². The molecule has 8 nitrogen and oxygen atoms in total. The van der Waals surface area contributed by atoms with Crippen LogP contribution in [-0.4, -0.2) is 43.9 Å². The fourth-order valence-electron chi connectivity index (χ4n) is 2.95. The Hall–Kier alpha value is -2.56. The Kier molecular flexibility index (Phi) is 5.92. The molecular formula is C18H20FN3O5S. The Balaban J connectivity index is 1.89. The molecular weight excluding hydrogens is 389 g/mol. The number of nitrogens with zero attached hydrogens (tertiary/aromatic N) is 2. The number of nitro benzene ring substituents is 1. The zero-order chi connectivity index (χ0) is 20.3. The van der Waals surface area contributed by atoms with E-state index in [4.69, 9.17) is 4.74 Å². The van der Waals surface area contributed by atoms with Gasteiger partial charge in [0, 0.05) is 25.2 Å². The third-order valence-electron chi connectivity index (χ3n) is 4.52. The summed E-state index contributed by atoms with van der Waals surface area (Å²) < 4.78 is 45.0. The van der Waals surface area contributed by atoms with E-state index in [-0.39, 0.29) is 54.4 Å². The van der Waals surface area contributed by atoms with Gasteiger partial charge in [0.15, 0.2) is 0 Å². The fraction of sp³-hybridized carbons (Fsp3) is 0.333. The smallest absolute Gasteiger partial charge is 0.293 e. The predicted octanol–water partition coefficient (Wildman–Crippen LogP) is 2.93. The van der Waals surface area contributed by atoms with Gasteiger partial charge in [0.05, 0.1) is 23.0 Å². The van der Waals surface area contributed by atoms with Gasteiger partial charge in [0.1, 0.15) is 11.5 Å². The summed E-state index contributed by atoms with van der Waals surface area (Å²) in [5.41, 5.74) is 0.576. The lowest BCUT2D eigenvalue weighted by atomic mass is 10.1. The number of benzene rings is 2. The standard InChI is InChI=1S/C18H20FN3O5S/c1-13(14-2-4-15(19)5-3-14)20-17-7-6-16(12-18(17)22(23)24)28(25,26)21-8-10-27-11-9-21/h2-7,12-13,20H,8-11H2,1H3/t13-/m1/s1. The van der Waals surface area contributed by atoms with Crippen LogP contribution in [0.1, 0.15) is 18.5 Å². The summed E-state index contributed by atoms with van der Waals surface area (Å²) >= 11 is 0. The van der Waals surface area contributed by atoms with E-state index >= 15 is 0 Å². The van der Waals surface area contributed by atoms with Crippen molar-refractivity contribution in [2.24, 2.45) is 0 Å². The van der Waals surface area contributed by atoms with Crippen LogP contribution in [-0.2, 0) is 14.8 Å². The molecule has 1 aliphatic heterocycles. The highest BCUT2D eigenvalue weighted by molar-refractivity contribution is 7.89. The van der Waals surface area contributed by atoms with Crippen molar-refractivity contribution in [1.82, 2.24) is 4.31 Å². The molecule has 0 spiro atoms. The average Bonchev–Trinajstić information content (AvgIpc) is 2.69. The number of ether oxygens (including phenoxy) is 1. The van der Waals surface area contributed by atoms with Gasteiger partial charge in [-0.1, -0.05) is 12.1 Å². The van der Waals surface area contributed by atoms with Crippen LogP contribution in [0, 0.1) is 15.9 Å². The van der Waals surface area contributed by atoms with Crippen LogP contribution in [0.4, 0.5) is 15.8 Å². The molecule has 3 rings (SSSR count). The molecule has 0 aromatic heterocycles. The molecule has 0 bridgehead atoms. The van der Waals surface area contributed by atoms with Gasteiger partial charge in [-0.15, -0.1) is 0 Å². The first-order valence-electron chi connectivity index (χ1n) is 8.67. The van der Waals surface area contributed by atoms with Gasteiger partial charge >= 0.3 is 0 Å². The van der Waals surface area contributed by atoms with Gasteiger partial charge in [-0.05, 0) is 36.8 Å². The first kappa shape index (κ1) is 20.2. The van der Waals surface area contributed by atoms with Crippen molar-refractivity contribution in [3.05, 3.63) is 64.0 Å². The lowest BCUT2D eigenvalue weighted by Crippen LogP contribution is -2.40.